The topological polar surface area (TPSA) is 50.2 Å². The standard InChI is InChI=1S/C20H20N4O/c1-13-5-4-6-15(9-13)20(25)24-12-16-11-21-23(3)19(16)22-17-10-14(2)7-8-18(17)24/h4-11,22H,12H2,1-3H3. The fourth-order valence-corrected chi connectivity index (χ4v) is 3.24. The molecule has 0 bridgehead atoms. The van der Waals surface area contributed by atoms with Gasteiger partial charge in [-0.25, -0.2) is 0 Å². The van der Waals surface area contributed by atoms with E-state index in [0.717, 1.165) is 33.9 Å². The molecule has 0 unspecified atom stereocenters. The molecule has 0 atom stereocenters. The van der Waals surface area contributed by atoms with E-state index in [1.807, 2.05) is 73.1 Å². The number of fused-ring (bicyclic) bond motifs is 2. The SMILES string of the molecule is Cc1cccc(C(=O)N2Cc3cnn(C)c3Nc3cc(C)ccc32)c1. The van der Waals surface area contributed by atoms with Gasteiger partial charge >= 0.3 is 0 Å². The minimum absolute atomic E-state index is 0.00712. The molecule has 25 heavy (non-hydrogen) atoms. The number of aromatic nitrogens is 2. The Hall–Kier alpha value is -3.08. The summed E-state index contributed by atoms with van der Waals surface area (Å²) in [6.45, 7) is 4.53. The highest BCUT2D eigenvalue weighted by Gasteiger charge is 2.26. The van der Waals surface area contributed by atoms with Gasteiger partial charge in [0.05, 0.1) is 24.1 Å². The number of amides is 1. The van der Waals surface area contributed by atoms with E-state index < -0.39 is 0 Å². The molecule has 1 aromatic heterocycles. The maximum atomic E-state index is 13.2. The van der Waals surface area contributed by atoms with Crippen molar-refractivity contribution in [1.29, 1.82) is 0 Å². The van der Waals surface area contributed by atoms with E-state index in [1.54, 1.807) is 0 Å². The molecule has 2 heterocycles. The zero-order valence-corrected chi connectivity index (χ0v) is 14.6. The van der Waals surface area contributed by atoms with Crippen LogP contribution < -0.4 is 10.2 Å². The average molecular weight is 332 g/mol. The van der Waals surface area contributed by atoms with Gasteiger partial charge in [0, 0.05) is 18.2 Å². The van der Waals surface area contributed by atoms with Crippen LogP contribution in [0.25, 0.3) is 0 Å². The number of anilines is 3. The van der Waals surface area contributed by atoms with Crippen LogP contribution in [-0.2, 0) is 13.6 Å². The molecule has 0 spiro atoms. The quantitative estimate of drug-likeness (QED) is 0.734. The van der Waals surface area contributed by atoms with Gasteiger partial charge in [-0.3, -0.25) is 9.48 Å². The first kappa shape index (κ1) is 15.4. The highest BCUT2D eigenvalue weighted by Crippen LogP contribution is 2.36. The summed E-state index contributed by atoms with van der Waals surface area (Å²) in [6.07, 6.45) is 1.82. The van der Waals surface area contributed by atoms with Crippen molar-refractivity contribution in [3.05, 3.63) is 70.9 Å². The molecule has 5 nitrogen and oxygen atoms in total. The Morgan fingerprint density at radius 2 is 1.92 bits per heavy atom. The largest absolute Gasteiger partial charge is 0.338 e. The van der Waals surface area contributed by atoms with Gasteiger partial charge in [-0.05, 0) is 43.7 Å². The van der Waals surface area contributed by atoms with Crippen molar-refractivity contribution >= 4 is 23.1 Å². The summed E-state index contributed by atoms with van der Waals surface area (Å²) in [5.74, 6) is 0.915. The van der Waals surface area contributed by atoms with Crippen molar-refractivity contribution < 1.29 is 4.79 Å². The predicted molar refractivity (Wildman–Crippen MR) is 99.4 cm³/mol. The molecule has 1 aliphatic rings. The molecular formula is C20H20N4O. The van der Waals surface area contributed by atoms with E-state index in [0.29, 0.717) is 12.1 Å². The van der Waals surface area contributed by atoms with Crippen molar-refractivity contribution in [1.82, 2.24) is 9.78 Å². The number of hydrogen-bond acceptors (Lipinski definition) is 3. The monoisotopic (exact) mass is 332 g/mol. The van der Waals surface area contributed by atoms with E-state index in [2.05, 4.69) is 16.5 Å². The summed E-state index contributed by atoms with van der Waals surface area (Å²) in [7, 11) is 1.90. The third kappa shape index (κ3) is 2.67. The van der Waals surface area contributed by atoms with Crippen molar-refractivity contribution in [3.8, 4) is 0 Å². The van der Waals surface area contributed by atoms with Crippen molar-refractivity contribution in [2.45, 2.75) is 20.4 Å². The molecule has 2 aromatic carbocycles. The van der Waals surface area contributed by atoms with Crippen LogP contribution in [0, 0.1) is 13.8 Å². The van der Waals surface area contributed by atoms with Crippen LogP contribution >= 0.6 is 0 Å². The van der Waals surface area contributed by atoms with Crippen molar-refractivity contribution in [3.63, 3.8) is 0 Å². The molecule has 0 aliphatic carbocycles. The van der Waals surface area contributed by atoms with Gasteiger partial charge in [0.15, 0.2) is 0 Å². The average Bonchev–Trinajstić information content (AvgIpc) is 2.84. The lowest BCUT2D eigenvalue weighted by atomic mass is 10.1. The smallest absolute Gasteiger partial charge is 0.258 e. The fraction of sp³-hybridized carbons (Fsp3) is 0.200. The zero-order chi connectivity index (χ0) is 17.6. The highest BCUT2D eigenvalue weighted by molar-refractivity contribution is 6.08. The van der Waals surface area contributed by atoms with E-state index in [-0.39, 0.29) is 5.91 Å². The maximum absolute atomic E-state index is 13.2. The normalized spacial score (nSPS) is 12.8. The van der Waals surface area contributed by atoms with Crippen LogP contribution in [0.2, 0.25) is 0 Å². The number of carbonyl (C=O) groups excluding carboxylic acids is 1. The fourth-order valence-electron chi connectivity index (χ4n) is 3.24. The molecule has 126 valence electrons. The Kier molecular flexibility index (Phi) is 3.57. The van der Waals surface area contributed by atoms with Crippen molar-refractivity contribution in [2.75, 3.05) is 10.2 Å². The van der Waals surface area contributed by atoms with E-state index in [9.17, 15) is 4.79 Å². The summed E-state index contributed by atoms with van der Waals surface area (Å²) in [4.78, 5) is 15.1. The Morgan fingerprint density at radius 3 is 2.72 bits per heavy atom. The highest BCUT2D eigenvalue weighted by atomic mass is 16.2. The Morgan fingerprint density at radius 1 is 1.12 bits per heavy atom. The van der Waals surface area contributed by atoms with Gasteiger partial charge in [-0.2, -0.15) is 5.10 Å². The minimum Gasteiger partial charge on any atom is -0.338 e. The van der Waals surface area contributed by atoms with Crippen LogP contribution in [0.3, 0.4) is 0 Å². The molecule has 0 saturated heterocycles. The maximum Gasteiger partial charge on any atom is 0.258 e. The van der Waals surface area contributed by atoms with Gasteiger partial charge in [0.1, 0.15) is 5.82 Å². The van der Waals surface area contributed by atoms with Gasteiger partial charge < -0.3 is 10.2 Å². The van der Waals surface area contributed by atoms with E-state index >= 15 is 0 Å². The van der Waals surface area contributed by atoms with Gasteiger partial charge in [0.25, 0.3) is 5.91 Å². The predicted octanol–water partition coefficient (Wildman–Crippen LogP) is 3.94. The van der Waals surface area contributed by atoms with Crippen LogP contribution in [0.1, 0.15) is 27.0 Å². The molecule has 3 aromatic rings. The molecule has 1 N–H and O–H groups in total. The first-order valence-corrected chi connectivity index (χ1v) is 8.30. The van der Waals surface area contributed by atoms with Crippen LogP contribution in [0.5, 0.6) is 0 Å². The second kappa shape index (κ2) is 5.77. The van der Waals surface area contributed by atoms with E-state index in [4.69, 9.17) is 0 Å². The summed E-state index contributed by atoms with van der Waals surface area (Å²) in [5, 5.41) is 7.78. The van der Waals surface area contributed by atoms with Gasteiger partial charge in [0.2, 0.25) is 0 Å². The number of hydrogen-bond donors (Lipinski definition) is 1. The van der Waals surface area contributed by atoms with Gasteiger partial charge in [-0.15, -0.1) is 0 Å². The molecule has 0 radical (unpaired) electrons. The first-order valence-electron chi connectivity index (χ1n) is 8.30. The Bertz CT molecular complexity index is 974. The first-order chi connectivity index (χ1) is 12.0. The Labute approximate surface area is 146 Å². The zero-order valence-electron chi connectivity index (χ0n) is 14.6. The summed E-state index contributed by atoms with van der Waals surface area (Å²) >= 11 is 0. The van der Waals surface area contributed by atoms with Crippen LogP contribution in [0.4, 0.5) is 17.2 Å². The second-order valence-electron chi connectivity index (χ2n) is 6.55. The Balaban J connectivity index is 1.85. The summed E-state index contributed by atoms with van der Waals surface area (Å²) < 4.78 is 1.81. The van der Waals surface area contributed by atoms with Crippen LogP contribution in [0.15, 0.2) is 48.7 Å². The third-order valence-corrected chi connectivity index (χ3v) is 4.55. The van der Waals surface area contributed by atoms with Crippen LogP contribution in [-0.4, -0.2) is 15.7 Å². The minimum atomic E-state index is -0.00712. The number of nitrogens with one attached hydrogen (secondary N) is 1. The molecular weight excluding hydrogens is 312 g/mol. The number of rotatable bonds is 1. The summed E-state index contributed by atoms with van der Waals surface area (Å²) in [6, 6.07) is 13.8. The second-order valence-corrected chi connectivity index (χ2v) is 6.55. The molecule has 1 aliphatic heterocycles. The lowest BCUT2D eigenvalue weighted by Gasteiger charge is -2.23. The molecule has 0 fully saturated rings. The lowest BCUT2D eigenvalue weighted by Crippen LogP contribution is -2.30. The molecule has 1 amide bonds. The van der Waals surface area contributed by atoms with E-state index in [1.165, 1.54) is 0 Å². The number of aryl methyl sites for hydroxylation is 3. The lowest BCUT2D eigenvalue weighted by molar-refractivity contribution is 0.0985. The molecule has 5 heteroatoms. The third-order valence-electron chi connectivity index (χ3n) is 4.55. The van der Waals surface area contributed by atoms with Crippen molar-refractivity contribution in [2.24, 2.45) is 7.05 Å². The molecule has 4 rings (SSSR count). The molecule has 0 saturated carbocycles. The number of nitrogens with zero attached hydrogens (tertiary/aromatic N) is 3. The number of benzene rings is 2. The number of carbonyl (C=O) groups is 1. The van der Waals surface area contributed by atoms with Gasteiger partial charge in [-0.1, -0.05) is 23.8 Å². The summed E-state index contributed by atoms with van der Waals surface area (Å²) in [5.41, 5.74) is 5.71.